The summed E-state index contributed by atoms with van der Waals surface area (Å²) in [6, 6.07) is 4.96. The second kappa shape index (κ2) is 4.55. The molecule has 1 saturated heterocycles. The lowest BCUT2D eigenvalue weighted by Gasteiger charge is -2.17. The van der Waals surface area contributed by atoms with Crippen molar-refractivity contribution in [3.05, 3.63) is 22.4 Å². The third kappa shape index (κ3) is 2.43. The van der Waals surface area contributed by atoms with Crippen LogP contribution in [0, 0.1) is 0 Å². The zero-order valence-corrected chi connectivity index (χ0v) is 9.87. The van der Waals surface area contributed by atoms with Crippen LogP contribution >= 0.6 is 11.3 Å². The predicted molar refractivity (Wildman–Crippen MR) is 62.2 cm³/mol. The Morgan fingerprint density at radius 1 is 1.64 bits per heavy atom. The average molecular weight is 229 g/mol. The van der Waals surface area contributed by atoms with Gasteiger partial charge in [-0.3, -0.25) is 4.21 Å². The highest BCUT2D eigenvalue weighted by atomic mass is 32.2. The molecule has 1 aromatic rings. The van der Waals surface area contributed by atoms with Crippen LogP contribution in [-0.2, 0) is 10.8 Å². The average Bonchev–Trinajstić information content (AvgIpc) is 2.61. The predicted octanol–water partition coefficient (Wildman–Crippen LogP) is 1.92. The Morgan fingerprint density at radius 2 is 2.50 bits per heavy atom. The lowest BCUT2D eigenvalue weighted by molar-refractivity contribution is 0.489. The minimum absolute atomic E-state index is 0.299. The standard InChI is InChI=1S/C10H15NOS2/c1-8-4-6-14(12)7-9(11-8)10-3-2-5-13-10/h2-3,5,8-9,11H,4,6-7H2,1H3. The van der Waals surface area contributed by atoms with Gasteiger partial charge in [0, 0.05) is 33.2 Å². The van der Waals surface area contributed by atoms with Crippen molar-refractivity contribution in [2.45, 2.75) is 25.4 Å². The second-order valence-electron chi connectivity index (χ2n) is 3.74. The van der Waals surface area contributed by atoms with Gasteiger partial charge in [-0.1, -0.05) is 6.07 Å². The third-order valence-corrected chi connectivity index (χ3v) is 4.89. The highest BCUT2D eigenvalue weighted by molar-refractivity contribution is 7.85. The quantitative estimate of drug-likeness (QED) is 0.797. The van der Waals surface area contributed by atoms with Crippen LogP contribution in [0.3, 0.4) is 0 Å². The number of thiophene rings is 1. The van der Waals surface area contributed by atoms with E-state index in [9.17, 15) is 4.21 Å². The zero-order valence-electron chi connectivity index (χ0n) is 8.23. The molecular weight excluding hydrogens is 214 g/mol. The van der Waals surface area contributed by atoms with Crippen LogP contribution in [0.15, 0.2) is 17.5 Å². The van der Waals surface area contributed by atoms with Gasteiger partial charge in [0.15, 0.2) is 0 Å². The maximum atomic E-state index is 11.6. The van der Waals surface area contributed by atoms with E-state index in [-0.39, 0.29) is 0 Å². The van der Waals surface area contributed by atoms with Gasteiger partial charge in [-0.15, -0.1) is 11.3 Å². The summed E-state index contributed by atoms with van der Waals surface area (Å²) in [5.41, 5.74) is 0. The Kier molecular flexibility index (Phi) is 3.36. The maximum absolute atomic E-state index is 11.6. The summed E-state index contributed by atoms with van der Waals surface area (Å²) in [5.74, 6) is 1.61. The molecule has 0 aromatic carbocycles. The van der Waals surface area contributed by atoms with E-state index in [0.717, 1.165) is 17.9 Å². The van der Waals surface area contributed by atoms with Gasteiger partial charge in [-0.2, -0.15) is 0 Å². The van der Waals surface area contributed by atoms with Crippen molar-refractivity contribution < 1.29 is 4.21 Å². The minimum atomic E-state index is -0.649. The Balaban J connectivity index is 2.13. The van der Waals surface area contributed by atoms with Crippen LogP contribution < -0.4 is 5.32 Å². The molecule has 0 saturated carbocycles. The van der Waals surface area contributed by atoms with E-state index in [1.807, 2.05) is 0 Å². The molecule has 1 aliphatic heterocycles. The SMILES string of the molecule is CC1CCS(=O)CC(c2cccs2)N1. The van der Waals surface area contributed by atoms with E-state index in [1.54, 1.807) is 11.3 Å². The summed E-state index contributed by atoms with van der Waals surface area (Å²) in [6.45, 7) is 2.17. The van der Waals surface area contributed by atoms with E-state index in [0.29, 0.717) is 12.1 Å². The van der Waals surface area contributed by atoms with Crippen LogP contribution in [0.25, 0.3) is 0 Å². The Morgan fingerprint density at radius 3 is 3.21 bits per heavy atom. The molecule has 1 aliphatic rings. The summed E-state index contributed by atoms with van der Waals surface area (Å²) in [6.07, 6.45) is 1.02. The smallest absolute Gasteiger partial charge is 0.0533 e. The van der Waals surface area contributed by atoms with Crippen LogP contribution in [0.5, 0.6) is 0 Å². The number of nitrogens with one attached hydrogen (secondary N) is 1. The molecule has 0 bridgehead atoms. The molecule has 3 atom stereocenters. The Hall–Kier alpha value is -0.190. The van der Waals surface area contributed by atoms with Gasteiger partial charge in [0.05, 0.1) is 6.04 Å². The first-order chi connectivity index (χ1) is 6.75. The molecule has 0 radical (unpaired) electrons. The van der Waals surface area contributed by atoms with Crippen molar-refractivity contribution in [2.75, 3.05) is 11.5 Å². The molecule has 1 fully saturated rings. The summed E-state index contributed by atoms with van der Waals surface area (Å²) in [5, 5.41) is 5.61. The van der Waals surface area contributed by atoms with Gasteiger partial charge < -0.3 is 5.32 Å². The summed E-state index contributed by atoms with van der Waals surface area (Å²) in [7, 11) is -0.649. The third-order valence-electron chi connectivity index (χ3n) is 2.50. The molecule has 1 N–H and O–H groups in total. The number of rotatable bonds is 1. The van der Waals surface area contributed by atoms with E-state index in [1.165, 1.54) is 4.88 Å². The van der Waals surface area contributed by atoms with Crippen molar-refractivity contribution in [1.29, 1.82) is 0 Å². The van der Waals surface area contributed by atoms with Gasteiger partial charge in [0.2, 0.25) is 0 Å². The van der Waals surface area contributed by atoms with Gasteiger partial charge in [-0.25, -0.2) is 0 Å². The second-order valence-corrected chi connectivity index (χ2v) is 6.34. The van der Waals surface area contributed by atoms with Gasteiger partial charge >= 0.3 is 0 Å². The fraction of sp³-hybridized carbons (Fsp3) is 0.600. The monoisotopic (exact) mass is 229 g/mol. The highest BCUT2D eigenvalue weighted by Crippen LogP contribution is 2.22. The van der Waals surface area contributed by atoms with Crippen molar-refractivity contribution in [3.8, 4) is 0 Å². The molecule has 0 amide bonds. The van der Waals surface area contributed by atoms with Crippen molar-refractivity contribution in [2.24, 2.45) is 0 Å². The molecule has 2 heterocycles. The van der Waals surface area contributed by atoms with Crippen molar-refractivity contribution >= 4 is 22.1 Å². The Labute approximate surface area is 91.2 Å². The molecule has 2 rings (SSSR count). The number of hydrogen-bond acceptors (Lipinski definition) is 3. The van der Waals surface area contributed by atoms with Crippen LogP contribution in [0.4, 0.5) is 0 Å². The molecule has 0 aliphatic carbocycles. The van der Waals surface area contributed by atoms with Crippen molar-refractivity contribution in [3.63, 3.8) is 0 Å². The van der Waals surface area contributed by atoms with E-state index >= 15 is 0 Å². The molecular formula is C10H15NOS2. The topological polar surface area (TPSA) is 29.1 Å². The van der Waals surface area contributed by atoms with E-state index in [4.69, 9.17) is 0 Å². The number of hydrogen-bond donors (Lipinski definition) is 1. The summed E-state index contributed by atoms with van der Waals surface area (Å²) < 4.78 is 11.6. The Bertz CT molecular complexity index is 310. The molecule has 14 heavy (non-hydrogen) atoms. The van der Waals surface area contributed by atoms with Gasteiger partial charge in [-0.05, 0) is 24.8 Å². The van der Waals surface area contributed by atoms with Crippen LogP contribution in [0.1, 0.15) is 24.3 Å². The lowest BCUT2D eigenvalue weighted by Crippen LogP contribution is -2.29. The van der Waals surface area contributed by atoms with Gasteiger partial charge in [0.25, 0.3) is 0 Å². The molecule has 3 unspecified atom stereocenters. The molecule has 0 spiro atoms. The fourth-order valence-electron chi connectivity index (χ4n) is 1.71. The highest BCUT2D eigenvalue weighted by Gasteiger charge is 2.21. The molecule has 1 aromatic heterocycles. The molecule has 2 nitrogen and oxygen atoms in total. The first kappa shape index (κ1) is 10.3. The van der Waals surface area contributed by atoms with E-state index in [2.05, 4.69) is 29.8 Å². The molecule has 4 heteroatoms. The van der Waals surface area contributed by atoms with Crippen LogP contribution in [0.2, 0.25) is 0 Å². The minimum Gasteiger partial charge on any atom is -0.306 e. The van der Waals surface area contributed by atoms with E-state index < -0.39 is 10.8 Å². The largest absolute Gasteiger partial charge is 0.306 e. The normalized spacial score (nSPS) is 33.9. The van der Waals surface area contributed by atoms with Gasteiger partial charge in [0.1, 0.15) is 0 Å². The summed E-state index contributed by atoms with van der Waals surface area (Å²) in [4.78, 5) is 1.31. The van der Waals surface area contributed by atoms with Crippen molar-refractivity contribution in [1.82, 2.24) is 5.32 Å². The molecule has 78 valence electrons. The fourth-order valence-corrected chi connectivity index (χ4v) is 4.03. The maximum Gasteiger partial charge on any atom is 0.0533 e. The van der Waals surface area contributed by atoms with Crippen LogP contribution in [-0.4, -0.2) is 21.8 Å². The summed E-state index contributed by atoms with van der Waals surface area (Å²) >= 11 is 1.75. The zero-order chi connectivity index (χ0) is 9.97. The lowest BCUT2D eigenvalue weighted by atomic mass is 10.2. The first-order valence-corrected chi connectivity index (χ1v) is 7.27. The first-order valence-electron chi connectivity index (χ1n) is 4.90.